The molecule has 0 saturated carbocycles. The van der Waals surface area contributed by atoms with E-state index < -0.39 is 12.3 Å². The lowest BCUT2D eigenvalue weighted by Crippen LogP contribution is -2.15. The summed E-state index contributed by atoms with van der Waals surface area (Å²) in [6.07, 6.45) is -0.955. The average Bonchev–Trinajstić information content (AvgIpc) is 2.70. The van der Waals surface area contributed by atoms with Gasteiger partial charge in [-0.05, 0) is 12.1 Å². The van der Waals surface area contributed by atoms with E-state index in [9.17, 15) is 8.78 Å². The number of hydrogen-bond donors (Lipinski definition) is 1. The highest BCUT2D eigenvalue weighted by Gasteiger charge is 2.24. The van der Waals surface area contributed by atoms with Crippen molar-refractivity contribution in [3.63, 3.8) is 0 Å². The lowest BCUT2D eigenvalue weighted by atomic mass is 10.2. The Labute approximate surface area is 91.9 Å². The Bertz CT molecular complexity index is 441. The van der Waals surface area contributed by atoms with Crippen LogP contribution >= 0.6 is 0 Å². The van der Waals surface area contributed by atoms with Crippen LogP contribution in [0.25, 0.3) is 0 Å². The molecule has 0 aliphatic carbocycles. The lowest BCUT2D eigenvalue weighted by molar-refractivity contribution is 0.222. The second-order valence-corrected chi connectivity index (χ2v) is 3.23. The molecule has 0 aromatic heterocycles. The van der Waals surface area contributed by atoms with E-state index in [0.29, 0.717) is 23.6 Å². The molecule has 16 heavy (non-hydrogen) atoms. The summed E-state index contributed by atoms with van der Waals surface area (Å²) in [5.74, 6) is -0.428. The summed E-state index contributed by atoms with van der Waals surface area (Å²) < 4.78 is 24.9. The summed E-state index contributed by atoms with van der Waals surface area (Å²) in [6.45, 7) is 4.12. The Morgan fingerprint density at radius 2 is 2.25 bits per heavy atom. The van der Waals surface area contributed by atoms with Gasteiger partial charge in [-0.25, -0.2) is 19.1 Å². The molecule has 0 unspecified atom stereocenters. The van der Waals surface area contributed by atoms with Gasteiger partial charge in [-0.3, -0.25) is 0 Å². The van der Waals surface area contributed by atoms with Crippen LogP contribution in [0.2, 0.25) is 0 Å². The van der Waals surface area contributed by atoms with Crippen molar-refractivity contribution in [1.82, 2.24) is 5.32 Å². The van der Waals surface area contributed by atoms with Crippen molar-refractivity contribution in [2.45, 2.75) is 6.43 Å². The van der Waals surface area contributed by atoms with E-state index in [0.717, 1.165) is 0 Å². The largest absolute Gasteiger partial charge is 0.380 e. The number of benzene rings is 1. The van der Waals surface area contributed by atoms with E-state index in [1.54, 1.807) is 24.3 Å². The molecule has 1 aromatic rings. The zero-order valence-electron chi connectivity index (χ0n) is 8.45. The van der Waals surface area contributed by atoms with Gasteiger partial charge in [0.15, 0.2) is 5.84 Å². The van der Waals surface area contributed by atoms with Crippen LogP contribution in [-0.2, 0) is 0 Å². The minimum absolute atomic E-state index is 0.428. The summed E-state index contributed by atoms with van der Waals surface area (Å²) in [5.41, 5.74) is 1.64. The monoisotopic (exact) mass is 222 g/mol. The van der Waals surface area contributed by atoms with Crippen LogP contribution in [0.1, 0.15) is 0 Å². The maximum Gasteiger partial charge on any atom is 0.297 e. The predicted molar refractivity (Wildman–Crippen MR) is 60.0 cm³/mol. The molecule has 0 amide bonds. The maximum absolute atomic E-state index is 12.4. The van der Waals surface area contributed by atoms with E-state index in [4.69, 9.17) is 0 Å². The van der Waals surface area contributed by atoms with Crippen LogP contribution in [0.3, 0.4) is 0 Å². The average molecular weight is 222 g/mol. The van der Waals surface area contributed by atoms with Crippen LogP contribution in [0.15, 0.2) is 35.8 Å². The molecule has 2 rings (SSSR count). The van der Waals surface area contributed by atoms with E-state index in [2.05, 4.69) is 22.2 Å². The highest BCUT2D eigenvalue weighted by molar-refractivity contribution is 6.01. The Morgan fingerprint density at radius 1 is 1.44 bits per heavy atom. The number of aliphatic imine (C=N–C) groups is 1. The van der Waals surface area contributed by atoms with Gasteiger partial charge >= 0.3 is 0 Å². The summed E-state index contributed by atoms with van der Waals surface area (Å²) in [5, 5.41) is 6.78. The number of amidine groups is 1. The topological polar surface area (TPSA) is 38.5 Å². The van der Waals surface area contributed by atoms with Gasteiger partial charge in [0.1, 0.15) is 5.69 Å². The molecule has 3 nitrogen and oxygen atoms in total. The second kappa shape index (κ2) is 4.30. The van der Waals surface area contributed by atoms with Crippen molar-refractivity contribution in [1.29, 1.82) is 0 Å². The molecule has 1 radical (unpaired) electrons. The molecule has 1 heterocycles. The number of fused-ring (bicyclic) bond motifs is 1. The quantitative estimate of drug-likeness (QED) is 0.781. The number of nitrogens with one attached hydrogen (secondary N) is 1. The molecule has 0 spiro atoms. The third kappa shape index (κ3) is 1.88. The molecule has 0 bridgehead atoms. The number of nitrogens with zero attached hydrogens (tertiary/aromatic N) is 2. The van der Waals surface area contributed by atoms with Gasteiger partial charge in [-0.1, -0.05) is 12.1 Å². The molecule has 0 fully saturated rings. The fourth-order valence-electron chi connectivity index (χ4n) is 1.42. The SMILES string of the molecule is C=CCNc1cccc2c1N=C(C(F)F)[N]2. The van der Waals surface area contributed by atoms with Gasteiger partial charge in [-0.15, -0.1) is 6.58 Å². The van der Waals surface area contributed by atoms with Crippen LogP contribution in [0.4, 0.5) is 25.8 Å². The van der Waals surface area contributed by atoms with E-state index >= 15 is 0 Å². The highest BCUT2D eigenvalue weighted by atomic mass is 19.3. The van der Waals surface area contributed by atoms with E-state index in [-0.39, 0.29) is 0 Å². The molecular weight excluding hydrogens is 212 g/mol. The molecular formula is C11H10F2N3. The highest BCUT2D eigenvalue weighted by Crippen LogP contribution is 2.38. The first-order valence-electron chi connectivity index (χ1n) is 4.78. The van der Waals surface area contributed by atoms with Crippen LogP contribution in [0.5, 0.6) is 0 Å². The standard InChI is InChI=1S/C11H10F2N3/c1-2-6-14-7-4-3-5-8-9(7)16-11(15-8)10(12)13/h2-5,10,14H,1,6H2. The van der Waals surface area contributed by atoms with Crippen molar-refractivity contribution in [2.75, 3.05) is 11.9 Å². The van der Waals surface area contributed by atoms with Crippen molar-refractivity contribution in [3.05, 3.63) is 30.9 Å². The van der Waals surface area contributed by atoms with Crippen molar-refractivity contribution in [2.24, 2.45) is 4.99 Å². The number of para-hydroxylation sites is 1. The molecule has 83 valence electrons. The third-order valence-corrected chi connectivity index (χ3v) is 2.11. The number of hydrogen-bond acceptors (Lipinski definition) is 2. The molecule has 5 heteroatoms. The van der Waals surface area contributed by atoms with Gasteiger partial charge in [0, 0.05) is 6.54 Å². The van der Waals surface area contributed by atoms with Gasteiger partial charge in [-0.2, -0.15) is 0 Å². The Morgan fingerprint density at radius 3 is 2.94 bits per heavy atom. The fraction of sp³-hybridized carbons (Fsp3) is 0.182. The first-order valence-corrected chi connectivity index (χ1v) is 4.78. The van der Waals surface area contributed by atoms with E-state index in [1.165, 1.54) is 0 Å². The number of anilines is 1. The molecule has 1 N–H and O–H groups in total. The van der Waals surface area contributed by atoms with Crippen molar-refractivity contribution in [3.8, 4) is 0 Å². The molecule has 1 aliphatic rings. The predicted octanol–water partition coefficient (Wildman–Crippen LogP) is 2.83. The van der Waals surface area contributed by atoms with Crippen LogP contribution < -0.4 is 10.6 Å². The smallest absolute Gasteiger partial charge is 0.297 e. The Hall–Kier alpha value is -1.91. The normalized spacial score (nSPS) is 13.1. The van der Waals surface area contributed by atoms with Gasteiger partial charge < -0.3 is 5.32 Å². The summed E-state index contributed by atoms with van der Waals surface area (Å²) >= 11 is 0. The lowest BCUT2D eigenvalue weighted by Gasteiger charge is -2.05. The van der Waals surface area contributed by atoms with Crippen LogP contribution in [-0.4, -0.2) is 18.8 Å². The summed E-state index contributed by atoms with van der Waals surface area (Å²) in [7, 11) is 0. The fourth-order valence-corrected chi connectivity index (χ4v) is 1.42. The minimum atomic E-state index is -2.64. The minimum Gasteiger partial charge on any atom is -0.380 e. The first kappa shape index (κ1) is 10.6. The van der Waals surface area contributed by atoms with Gasteiger partial charge in [0.2, 0.25) is 0 Å². The zero-order chi connectivity index (χ0) is 11.5. The number of rotatable bonds is 4. The van der Waals surface area contributed by atoms with Gasteiger partial charge in [0.25, 0.3) is 6.43 Å². The molecule has 1 aliphatic heterocycles. The Kier molecular flexibility index (Phi) is 2.85. The molecule has 0 saturated heterocycles. The second-order valence-electron chi connectivity index (χ2n) is 3.23. The summed E-state index contributed by atoms with van der Waals surface area (Å²) in [6, 6.07) is 5.18. The van der Waals surface area contributed by atoms with Crippen molar-refractivity contribution < 1.29 is 8.78 Å². The first-order chi connectivity index (χ1) is 7.72. The maximum atomic E-state index is 12.4. The molecule has 0 atom stereocenters. The van der Waals surface area contributed by atoms with Crippen molar-refractivity contribution >= 4 is 22.9 Å². The Balaban J connectivity index is 2.30. The summed E-state index contributed by atoms with van der Waals surface area (Å²) in [4.78, 5) is 3.81. The zero-order valence-corrected chi connectivity index (χ0v) is 8.45. The number of alkyl halides is 2. The third-order valence-electron chi connectivity index (χ3n) is 2.11. The molecule has 1 aromatic carbocycles. The van der Waals surface area contributed by atoms with Crippen LogP contribution in [0, 0.1) is 0 Å². The van der Waals surface area contributed by atoms with Gasteiger partial charge in [0.05, 0.1) is 11.4 Å². The number of halogens is 2. The van der Waals surface area contributed by atoms with E-state index in [1.807, 2.05) is 0 Å².